The van der Waals surface area contributed by atoms with Crippen molar-refractivity contribution in [2.75, 3.05) is 7.11 Å². The van der Waals surface area contributed by atoms with Gasteiger partial charge in [-0.2, -0.15) is 0 Å². The van der Waals surface area contributed by atoms with Crippen LogP contribution in [0.4, 0.5) is 0 Å². The van der Waals surface area contributed by atoms with Crippen LogP contribution in [0.15, 0.2) is 23.8 Å². The zero-order valence-electron chi connectivity index (χ0n) is 10.7. The van der Waals surface area contributed by atoms with Crippen LogP contribution in [0.25, 0.3) is 6.08 Å². The molecule has 1 unspecified atom stereocenters. The summed E-state index contributed by atoms with van der Waals surface area (Å²) >= 11 is 0. The Morgan fingerprint density at radius 2 is 2.24 bits per heavy atom. The van der Waals surface area contributed by atoms with Crippen molar-refractivity contribution in [2.24, 2.45) is 5.73 Å². The molecule has 2 heteroatoms. The average molecular weight is 231 g/mol. The third kappa shape index (κ3) is 3.10. The lowest BCUT2D eigenvalue weighted by Crippen LogP contribution is -2.23. The van der Waals surface area contributed by atoms with Gasteiger partial charge in [0.15, 0.2) is 0 Å². The number of ether oxygens (including phenoxy) is 1. The molecule has 2 nitrogen and oxygen atoms in total. The van der Waals surface area contributed by atoms with E-state index in [1.54, 1.807) is 7.11 Å². The molecule has 0 spiro atoms. The smallest absolute Gasteiger partial charge is 0.126 e. The second-order valence-corrected chi connectivity index (χ2v) is 4.90. The van der Waals surface area contributed by atoms with Crippen molar-refractivity contribution in [3.05, 3.63) is 34.9 Å². The number of aryl methyl sites for hydroxylation is 1. The van der Waals surface area contributed by atoms with Crippen molar-refractivity contribution in [1.82, 2.24) is 0 Å². The topological polar surface area (TPSA) is 35.2 Å². The summed E-state index contributed by atoms with van der Waals surface area (Å²) in [6.45, 7) is 2.11. The molecule has 1 atom stereocenters. The van der Waals surface area contributed by atoms with Crippen molar-refractivity contribution in [3.8, 4) is 5.75 Å². The van der Waals surface area contributed by atoms with Gasteiger partial charge in [-0.15, -0.1) is 0 Å². The average Bonchev–Trinajstić information content (AvgIpc) is 2.29. The number of methoxy groups -OCH3 is 1. The van der Waals surface area contributed by atoms with Crippen LogP contribution in [0, 0.1) is 6.92 Å². The Kier molecular flexibility index (Phi) is 3.85. The summed E-state index contributed by atoms with van der Waals surface area (Å²) in [5, 5.41) is 0. The minimum absolute atomic E-state index is 0.339. The Morgan fingerprint density at radius 3 is 2.94 bits per heavy atom. The van der Waals surface area contributed by atoms with Crippen LogP contribution < -0.4 is 10.5 Å². The molecule has 1 aromatic carbocycles. The van der Waals surface area contributed by atoms with E-state index in [1.807, 2.05) is 6.07 Å². The molecule has 1 saturated carbocycles. The lowest BCUT2D eigenvalue weighted by Gasteiger charge is -2.20. The van der Waals surface area contributed by atoms with Crippen LogP contribution in [0.1, 0.15) is 36.8 Å². The van der Waals surface area contributed by atoms with Gasteiger partial charge in [-0.3, -0.25) is 0 Å². The van der Waals surface area contributed by atoms with Crippen molar-refractivity contribution in [3.63, 3.8) is 0 Å². The lowest BCUT2D eigenvalue weighted by molar-refractivity contribution is 0.413. The summed E-state index contributed by atoms with van der Waals surface area (Å²) in [6, 6.07) is 6.62. The molecule has 0 saturated heterocycles. The fourth-order valence-corrected chi connectivity index (χ4v) is 2.45. The summed E-state index contributed by atoms with van der Waals surface area (Å²) in [5.74, 6) is 0.947. The molecule has 17 heavy (non-hydrogen) atoms. The van der Waals surface area contributed by atoms with E-state index >= 15 is 0 Å². The predicted octanol–water partition coefficient (Wildman–Crippen LogP) is 3.29. The minimum Gasteiger partial charge on any atom is -0.496 e. The molecule has 0 radical (unpaired) electrons. The van der Waals surface area contributed by atoms with Gasteiger partial charge in [0.05, 0.1) is 7.11 Å². The third-order valence-electron chi connectivity index (χ3n) is 3.34. The van der Waals surface area contributed by atoms with Gasteiger partial charge < -0.3 is 10.5 Å². The number of hydrogen-bond donors (Lipinski definition) is 1. The summed E-state index contributed by atoms with van der Waals surface area (Å²) < 4.78 is 5.39. The molecule has 0 bridgehead atoms. The van der Waals surface area contributed by atoms with Gasteiger partial charge in [0.1, 0.15) is 5.75 Å². The van der Waals surface area contributed by atoms with E-state index in [2.05, 4.69) is 25.1 Å². The van der Waals surface area contributed by atoms with Crippen molar-refractivity contribution in [2.45, 2.75) is 38.6 Å². The number of benzene rings is 1. The maximum atomic E-state index is 6.01. The molecular weight excluding hydrogens is 210 g/mol. The molecular formula is C15H21NO. The molecule has 92 valence electrons. The Morgan fingerprint density at radius 1 is 1.41 bits per heavy atom. The van der Waals surface area contributed by atoms with Crippen molar-refractivity contribution >= 4 is 6.08 Å². The maximum Gasteiger partial charge on any atom is 0.126 e. The Balaban J connectivity index is 2.27. The minimum atomic E-state index is 0.339. The quantitative estimate of drug-likeness (QED) is 0.847. The summed E-state index contributed by atoms with van der Waals surface area (Å²) in [5.41, 5.74) is 9.90. The highest BCUT2D eigenvalue weighted by molar-refractivity contribution is 5.61. The van der Waals surface area contributed by atoms with Gasteiger partial charge in [0, 0.05) is 11.6 Å². The zero-order chi connectivity index (χ0) is 12.3. The first-order valence-corrected chi connectivity index (χ1v) is 6.28. The van der Waals surface area contributed by atoms with Crippen LogP contribution in [0.3, 0.4) is 0 Å². The third-order valence-corrected chi connectivity index (χ3v) is 3.34. The van der Waals surface area contributed by atoms with Gasteiger partial charge >= 0.3 is 0 Å². The Bertz CT molecular complexity index is 423. The summed E-state index contributed by atoms with van der Waals surface area (Å²) in [6.07, 6.45) is 6.82. The predicted molar refractivity (Wildman–Crippen MR) is 72.2 cm³/mol. The van der Waals surface area contributed by atoms with E-state index in [1.165, 1.54) is 29.5 Å². The molecule has 0 amide bonds. The van der Waals surface area contributed by atoms with Crippen molar-refractivity contribution in [1.29, 1.82) is 0 Å². The monoisotopic (exact) mass is 231 g/mol. The molecule has 2 N–H and O–H groups in total. The van der Waals surface area contributed by atoms with Crippen LogP contribution >= 0.6 is 0 Å². The van der Waals surface area contributed by atoms with Gasteiger partial charge in [-0.1, -0.05) is 23.3 Å². The highest BCUT2D eigenvalue weighted by atomic mass is 16.5. The van der Waals surface area contributed by atoms with E-state index < -0.39 is 0 Å². The molecule has 1 fully saturated rings. The SMILES string of the molecule is COc1ccc(C)cc1C=C1CCCC(N)C1. The van der Waals surface area contributed by atoms with E-state index in [0.29, 0.717) is 6.04 Å². The highest BCUT2D eigenvalue weighted by Gasteiger charge is 2.13. The van der Waals surface area contributed by atoms with Crippen LogP contribution in [0.2, 0.25) is 0 Å². The number of nitrogens with two attached hydrogens (primary N) is 1. The van der Waals surface area contributed by atoms with Crippen LogP contribution in [-0.4, -0.2) is 13.2 Å². The summed E-state index contributed by atoms with van der Waals surface area (Å²) in [4.78, 5) is 0. The lowest BCUT2D eigenvalue weighted by atomic mass is 9.90. The summed E-state index contributed by atoms with van der Waals surface area (Å²) in [7, 11) is 1.72. The maximum absolute atomic E-state index is 6.01. The molecule has 1 aliphatic rings. The Hall–Kier alpha value is -1.28. The largest absolute Gasteiger partial charge is 0.496 e. The molecule has 0 heterocycles. The molecule has 0 aliphatic heterocycles. The van der Waals surface area contributed by atoms with Gasteiger partial charge in [0.25, 0.3) is 0 Å². The molecule has 0 aromatic heterocycles. The molecule has 1 aromatic rings. The van der Waals surface area contributed by atoms with Gasteiger partial charge in [-0.05, 0) is 44.7 Å². The zero-order valence-corrected chi connectivity index (χ0v) is 10.7. The van der Waals surface area contributed by atoms with Crippen LogP contribution in [-0.2, 0) is 0 Å². The fraction of sp³-hybridized carbons (Fsp3) is 0.467. The first-order valence-electron chi connectivity index (χ1n) is 6.28. The Labute approximate surface area is 103 Å². The van der Waals surface area contributed by atoms with Gasteiger partial charge in [-0.25, -0.2) is 0 Å². The standard InChI is InChI=1S/C15H21NO/c1-11-6-7-15(17-2)13(8-11)9-12-4-3-5-14(16)10-12/h6-9,14H,3-5,10,16H2,1-2H3. The fourth-order valence-electron chi connectivity index (χ4n) is 2.45. The second-order valence-electron chi connectivity index (χ2n) is 4.90. The van der Waals surface area contributed by atoms with E-state index in [4.69, 9.17) is 10.5 Å². The molecule has 2 rings (SSSR count). The normalized spacial score (nSPS) is 22.8. The van der Waals surface area contributed by atoms with E-state index in [9.17, 15) is 0 Å². The van der Waals surface area contributed by atoms with Gasteiger partial charge in [0.2, 0.25) is 0 Å². The van der Waals surface area contributed by atoms with E-state index in [-0.39, 0.29) is 0 Å². The highest BCUT2D eigenvalue weighted by Crippen LogP contribution is 2.28. The first kappa shape index (κ1) is 12.2. The van der Waals surface area contributed by atoms with E-state index in [0.717, 1.165) is 18.6 Å². The number of hydrogen-bond acceptors (Lipinski definition) is 2. The first-order chi connectivity index (χ1) is 8.19. The molecule has 1 aliphatic carbocycles. The second kappa shape index (κ2) is 5.37. The van der Waals surface area contributed by atoms with Crippen LogP contribution in [0.5, 0.6) is 5.75 Å². The van der Waals surface area contributed by atoms with Crippen molar-refractivity contribution < 1.29 is 4.74 Å². The number of rotatable bonds is 2.